The third-order valence-electron chi connectivity index (χ3n) is 3.86. The summed E-state index contributed by atoms with van der Waals surface area (Å²) in [6, 6.07) is 4.37. The molecular weight excluding hydrogens is 312 g/mol. The van der Waals surface area contributed by atoms with Crippen molar-refractivity contribution >= 4 is 23.1 Å². The van der Waals surface area contributed by atoms with Crippen LogP contribution in [0.15, 0.2) is 18.2 Å². The van der Waals surface area contributed by atoms with Crippen molar-refractivity contribution in [3.63, 3.8) is 0 Å². The average molecular weight is 330 g/mol. The van der Waals surface area contributed by atoms with Crippen molar-refractivity contribution in [3.05, 3.63) is 50.8 Å². The van der Waals surface area contributed by atoms with Gasteiger partial charge in [0.1, 0.15) is 0 Å². The Balaban J connectivity index is 2.28. The molecule has 1 aromatic heterocycles. The van der Waals surface area contributed by atoms with E-state index in [2.05, 4.69) is 10.4 Å². The number of benzene rings is 1. The largest absolute Gasteiger partial charge is 0.319 e. The number of nitrogens with one attached hydrogen (secondary N) is 1. The fourth-order valence-corrected chi connectivity index (χ4v) is 2.51. The number of amides is 1. The summed E-state index contributed by atoms with van der Waals surface area (Å²) in [5.41, 5.74) is 1.97. The molecule has 0 spiro atoms. The Morgan fingerprint density at radius 2 is 2.00 bits per heavy atom. The van der Waals surface area contributed by atoms with Gasteiger partial charge in [-0.3, -0.25) is 24.4 Å². The summed E-state index contributed by atoms with van der Waals surface area (Å²) in [5, 5.41) is 17.6. The number of aryl methyl sites for hydroxylation is 3. The number of ketones is 1. The Kier molecular flexibility index (Phi) is 4.77. The molecule has 0 atom stereocenters. The lowest BCUT2D eigenvalue weighted by Gasteiger charge is -2.07. The molecule has 1 N–H and O–H groups in total. The van der Waals surface area contributed by atoms with E-state index in [4.69, 9.17) is 0 Å². The number of carbonyl (C=O) groups is 2. The van der Waals surface area contributed by atoms with Gasteiger partial charge in [0.2, 0.25) is 0 Å². The van der Waals surface area contributed by atoms with Crippen LogP contribution in [-0.2, 0) is 18.3 Å². The maximum atomic E-state index is 12.3. The van der Waals surface area contributed by atoms with Gasteiger partial charge in [-0.1, -0.05) is 13.0 Å². The zero-order valence-corrected chi connectivity index (χ0v) is 13.9. The fraction of sp³-hybridized carbons (Fsp3) is 0.312. The maximum Gasteiger partial charge on any atom is 0.296 e. The monoisotopic (exact) mass is 330 g/mol. The lowest BCUT2D eigenvalue weighted by atomic mass is 10.1. The molecule has 1 aromatic carbocycles. The van der Waals surface area contributed by atoms with Crippen LogP contribution in [0, 0.1) is 24.0 Å². The smallest absolute Gasteiger partial charge is 0.296 e. The minimum Gasteiger partial charge on any atom is -0.319 e. The normalized spacial score (nSPS) is 10.5. The highest BCUT2D eigenvalue weighted by Gasteiger charge is 2.24. The van der Waals surface area contributed by atoms with Crippen molar-refractivity contribution in [1.29, 1.82) is 0 Å². The van der Waals surface area contributed by atoms with Crippen molar-refractivity contribution in [2.24, 2.45) is 7.05 Å². The topological polar surface area (TPSA) is 107 Å². The number of nitro benzene ring substituents is 1. The highest BCUT2D eigenvalue weighted by Crippen LogP contribution is 2.24. The van der Waals surface area contributed by atoms with Crippen LogP contribution in [0.3, 0.4) is 0 Å². The molecule has 0 aliphatic heterocycles. The van der Waals surface area contributed by atoms with Gasteiger partial charge in [-0.05, 0) is 26.3 Å². The van der Waals surface area contributed by atoms with Gasteiger partial charge in [-0.15, -0.1) is 0 Å². The number of nitrogens with zero attached hydrogens (tertiary/aromatic N) is 3. The molecule has 8 heteroatoms. The van der Waals surface area contributed by atoms with Crippen molar-refractivity contribution in [2.75, 3.05) is 5.32 Å². The molecule has 0 aliphatic rings. The Morgan fingerprint density at radius 3 is 2.50 bits per heavy atom. The first kappa shape index (κ1) is 17.3. The standard InChI is InChI=1S/C16H18N4O4/c1-5-11-6-7-12(8-13(11)20(23)24)17-16(22)15(21)14-9(2)18-19(4)10(14)3/h6-8H,5H2,1-4H3,(H,17,22). The molecular formula is C16H18N4O4. The summed E-state index contributed by atoms with van der Waals surface area (Å²) >= 11 is 0. The number of hydrogen-bond acceptors (Lipinski definition) is 5. The van der Waals surface area contributed by atoms with Gasteiger partial charge in [-0.2, -0.15) is 5.10 Å². The molecule has 2 rings (SSSR count). The van der Waals surface area contributed by atoms with Crippen LogP contribution < -0.4 is 5.32 Å². The molecule has 24 heavy (non-hydrogen) atoms. The van der Waals surface area contributed by atoms with Crippen LogP contribution in [0.1, 0.15) is 34.2 Å². The summed E-state index contributed by atoms with van der Waals surface area (Å²) in [6.07, 6.45) is 0.498. The lowest BCUT2D eigenvalue weighted by Crippen LogP contribution is -2.24. The molecule has 0 aliphatic carbocycles. The van der Waals surface area contributed by atoms with E-state index in [1.54, 1.807) is 40.0 Å². The number of rotatable bonds is 5. The van der Waals surface area contributed by atoms with E-state index in [-0.39, 0.29) is 16.9 Å². The van der Waals surface area contributed by atoms with E-state index < -0.39 is 16.6 Å². The van der Waals surface area contributed by atoms with Crippen LogP contribution >= 0.6 is 0 Å². The predicted octanol–water partition coefficient (Wildman–Crippen LogP) is 2.33. The molecule has 0 saturated carbocycles. The summed E-state index contributed by atoms with van der Waals surface area (Å²) in [5.74, 6) is -1.58. The molecule has 1 amide bonds. The van der Waals surface area contributed by atoms with Gasteiger partial charge < -0.3 is 5.32 Å². The molecule has 0 bridgehead atoms. The van der Waals surface area contributed by atoms with Crippen molar-refractivity contribution in [1.82, 2.24) is 9.78 Å². The molecule has 1 heterocycles. The van der Waals surface area contributed by atoms with Crippen molar-refractivity contribution in [3.8, 4) is 0 Å². The third kappa shape index (κ3) is 3.17. The van der Waals surface area contributed by atoms with Crippen LogP contribution in [0.4, 0.5) is 11.4 Å². The molecule has 126 valence electrons. The Hall–Kier alpha value is -3.03. The molecule has 0 saturated heterocycles. The number of carbonyl (C=O) groups excluding carboxylic acids is 2. The van der Waals surface area contributed by atoms with Gasteiger partial charge in [-0.25, -0.2) is 0 Å². The molecule has 8 nitrogen and oxygen atoms in total. The summed E-state index contributed by atoms with van der Waals surface area (Å²) in [4.78, 5) is 35.1. The molecule has 0 unspecified atom stereocenters. The van der Waals surface area contributed by atoms with Crippen molar-refractivity contribution < 1.29 is 14.5 Å². The lowest BCUT2D eigenvalue weighted by molar-refractivity contribution is -0.385. The first-order valence-electron chi connectivity index (χ1n) is 7.39. The van der Waals surface area contributed by atoms with E-state index in [1.165, 1.54) is 10.7 Å². The van der Waals surface area contributed by atoms with Crippen LogP contribution in [0.25, 0.3) is 0 Å². The first-order chi connectivity index (χ1) is 11.3. The van der Waals surface area contributed by atoms with Gasteiger partial charge >= 0.3 is 0 Å². The number of nitro groups is 1. The number of aromatic nitrogens is 2. The Bertz CT molecular complexity index is 839. The Labute approximate surface area is 138 Å². The summed E-state index contributed by atoms with van der Waals surface area (Å²) in [7, 11) is 1.68. The second kappa shape index (κ2) is 6.61. The van der Waals surface area contributed by atoms with Crippen molar-refractivity contribution in [2.45, 2.75) is 27.2 Å². The minimum atomic E-state index is -0.854. The highest BCUT2D eigenvalue weighted by molar-refractivity contribution is 6.47. The van der Waals surface area contributed by atoms with E-state index in [9.17, 15) is 19.7 Å². The van der Waals surface area contributed by atoms with Gasteiger partial charge in [0, 0.05) is 30.1 Å². The molecule has 2 aromatic rings. The van der Waals surface area contributed by atoms with Crippen LogP contribution in [0.5, 0.6) is 0 Å². The van der Waals surface area contributed by atoms with E-state index in [0.717, 1.165) is 0 Å². The van der Waals surface area contributed by atoms with Gasteiger partial charge in [0.05, 0.1) is 16.2 Å². The summed E-state index contributed by atoms with van der Waals surface area (Å²) < 4.78 is 1.52. The third-order valence-corrected chi connectivity index (χ3v) is 3.86. The van der Waals surface area contributed by atoms with E-state index >= 15 is 0 Å². The van der Waals surface area contributed by atoms with Gasteiger partial charge in [0.25, 0.3) is 17.4 Å². The molecule has 0 radical (unpaired) electrons. The van der Waals surface area contributed by atoms with E-state index in [0.29, 0.717) is 23.4 Å². The minimum absolute atomic E-state index is 0.0866. The zero-order valence-electron chi connectivity index (χ0n) is 13.9. The SMILES string of the molecule is CCc1ccc(NC(=O)C(=O)c2c(C)nn(C)c2C)cc1[N+](=O)[O-]. The molecule has 0 fully saturated rings. The Morgan fingerprint density at radius 1 is 1.33 bits per heavy atom. The van der Waals surface area contributed by atoms with Crippen LogP contribution in [0.2, 0.25) is 0 Å². The maximum absolute atomic E-state index is 12.3. The number of anilines is 1. The number of hydrogen-bond donors (Lipinski definition) is 1. The van der Waals surface area contributed by atoms with Gasteiger partial charge in [0.15, 0.2) is 0 Å². The zero-order chi connectivity index (χ0) is 18.0. The van der Waals surface area contributed by atoms with Crippen LogP contribution in [-0.4, -0.2) is 26.4 Å². The summed E-state index contributed by atoms with van der Waals surface area (Å²) in [6.45, 7) is 5.15. The second-order valence-corrected chi connectivity index (χ2v) is 5.41. The highest BCUT2D eigenvalue weighted by atomic mass is 16.6. The first-order valence-corrected chi connectivity index (χ1v) is 7.39. The predicted molar refractivity (Wildman–Crippen MR) is 88.1 cm³/mol. The number of Topliss-reactive ketones (excluding diaryl/α,β-unsaturated/α-hetero) is 1. The second-order valence-electron chi connectivity index (χ2n) is 5.41. The van der Waals surface area contributed by atoms with E-state index in [1.807, 2.05) is 0 Å². The average Bonchev–Trinajstić information content (AvgIpc) is 2.79. The fourth-order valence-electron chi connectivity index (χ4n) is 2.51. The quantitative estimate of drug-likeness (QED) is 0.392.